The molecule has 0 spiro atoms. The second-order valence-electron chi connectivity index (χ2n) is 9.04. The molecule has 1 atom stereocenters. The number of aryl methyl sites for hydroxylation is 1. The number of ether oxygens (including phenoxy) is 3. The lowest BCUT2D eigenvalue weighted by atomic mass is 10.2. The van der Waals surface area contributed by atoms with Gasteiger partial charge in [-0.3, -0.25) is 18.9 Å². The monoisotopic (exact) mass is 536 g/mol. The van der Waals surface area contributed by atoms with E-state index >= 15 is 0 Å². The van der Waals surface area contributed by atoms with Gasteiger partial charge in [-0.05, 0) is 55.2 Å². The van der Waals surface area contributed by atoms with Gasteiger partial charge in [0.2, 0.25) is 6.79 Å². The van der Waals surface area contributed by atoms with Crippen molar-refractivity contribution in [2.75, 3.05) is 25.3 Å². The highest BCUT2D eigenvalue weighted by molar-refractivity contribution is 8.26. The molecule has 0 radical (unpaired) electrons. The number of rotatable bonds is 6. The third-order valence-corrected chi connectivity index (χ3v) is 7.91. The van der Waals surface area contributed by atoms with E-state index in [1.807, 2.05) is 31.2 Å². The predicted molar refractivity (Wildman–Crippen MR) is 145 cm³/mol. The van der Waals surface area contributed by atoms with Crippen molar-refractivity contribution in [1.29, 1.82) is 0 Å². The third-order valence-electron chi connectivity index (χ3n) is 6.53. The zero-order valence-electron chi connectivity index (χ0n) is 20.1. The highest BCUT2D eigenvalue weighted by Crippen LogP contribution is 2.36. The van der Waals surface area contributed by atoms with Crippen LogP contribution >= 0.6 is 24.0 Å². The lowest BCUT2D eigenvalue weighted by molar-refractivity contribution is -0.122. The maximum Gasteiger partial charge on any atom is 0.267 e. The molecule has 2 fully saturated rings. The number of anilines is 1. The highest BCUT2D eigenvalue weighted by atomic mass is 32.2. The highest BCUT2D eigenvalue weighted by Gasteiger charge is 2.33. The van der Waals surface area contributed by atoms with Crippen LogP contribution in [0, 0.1) is 6.92 Å². The smallest absolute Gasteiger partial charge is 0.267 e. The second-order valence-corrected chi connectivity index (χ2v) is 10.7. The van der Waals surface area contributed by atoms with Crippen molar-refractivity contribution < 1.29 is 19.0 Å². The van der Waals surface area contributed by atoms with Gasteiger partial charge in [0, 0.05) is 19.3 Å². The first-order valence-electron chi connectivity index (χ1n) is 12.0. The van der Waals surface area contributed by atoms with Crippen LogP contribution in [0.15, 0.2) is 46.2 Å². The molecular weight excluding hydrogens is 512 g/mol. The Labute approximate surface area is 222 Å². The first-order chi connectivity index (χ1) is 18.0. The fourth-order valence-electron chi connectivity index (χ4n) is 4.58. The number of carbonyl (C=O) groups excluding carboxylic acids is 1. The summed E-state index contributed by atoms with van der Waals surface area (Å²) in [6.07, 6.45) is 5.31. The van der Waals surface area contributed by atoms with Crippen molar-refractivity contribution >= 4 is 51.7 Å². The predicted octanol–water partition coefficient (Wildman–Crippen LogP) is 3.72. The van der Waals surface area contributed by atoms with E-state index in [9.17, 15) is 9.59 Å². The van der Waals surface area contributed by atoms with Gasteiger partial charge >= 0.3 is 0 Å². The molecule has 2 aromatic heterocycles. The molecule has 6 rings (SSSR count). The number of thiocarbonyl (C=S) groups is 1. The summed E-state index contributed by atoms with van der Waals surface area (Å²) in [6, 6.07) is 9.26. The lowest BCUT2D eigenvalue weighted by Crippen LogP contribution is -2.27. The molecule has 11 heteroatoms. The molecule has 3 aliphatic heterocycles. The molecule has 190 valence electrons. The van der Waals surface area contributed by atoms with E-state index in [2.05, 4.69) is 5.32 Å². The van der Waals surface area contributed by atoms with E-state index in [-0.39, 0.29) is 30.9 Å². The number of nitrogens with zero attached hydrogens (tertiary/aromatic N) is 3. The summed E-state index contributed by atoms with van der Waals surface area (Å²) in [5.74, 6) is 1.49. The van der Waals surface area contributed by atoms with Gasteiger partial charge in [-0.25, -0.2) is 4.98 Å². The third kappa shape index (κ3) is 4.58. The Balaban J connectivity index is 1.33. The largest absolute Gasteiger partial charge is 0.454 e. The minimum absolute atomic E-state index is 0.0601. The van der Waals surface area contributed by atoms with Gasteiger partial charge in [0.05, 0.1) is 23.1 Å². The van der Waals surface area contributed by atoms with Crippen LogP contribution in [0.3, 0.4) is 0 Å². The number of aromatic nitrogens is 2. The minimum Gasteiger partial charge on any atom is -0.454 e. The van der Waals surface area contributed by atoms with Gasteiger partial charge in [0.1, 0.15) is 15.8 Å². The maximum absolute atomic E-state index is 13.6. The van der Waals surface area contributed by atoms with Crippen LogP contribution < -0.4 is 20.3 Å². The molecule has 0 bridgehead atoms. The van der Waals surface area contributed by atoms with Gasteiger partial charge in [-0.15, -0.1) is 0 Å². The normalized spacial score (nSPS) is 20.0. The van der Waals surface area contributed by atoms with Gasteiger partial charge in [0.25, 0.3) is 11.5 Å². The van der Waals surface area contributed by atoms with Crippen LogP contribution in [0.4, 0.5) is 5.82 Å². The van der Waals surface area contributed by atoms with E-state index in [0.29, 0.717) is 44.3 Å². The number of nitrogens with one attached hydrogen (secondary N) is 1. The summed E-state index contributed by atoms with van der Waals surface area (Å²) in [5, 5.41) is 3.30. The molecule has 3 aliphatic rings. The topological polar surface area (TPSA) is 94.4 Å². The Hall–Kier alpha value is -3.41. The van der Waals surface area contributed by atoms with Crippen molar-refractivity contribution in [2.24, 2.45) is 0 Å². The molecule has 37 heavy (non-hydrogen) atoms. The van der Waals surface area contributed by atoms with Crippen molar-refractivity contribution in [1.82, 2.24) is 14.3 Å². The first kappa shape index (κ1) is 24.0. The average molecular weight is 537 g/mol. The number of fused-ring (bicyclic) bond motifs is 2. The summed E-state index contributed by atoms with van der Waals surface area (Å²) in [5.41, 5.74) is 2.36. The standard InChI is InChI=1S/C26H24N4O5S2/c1-15-4-2-8-29-23(15)28-22(27-12-17-5-3-9-33-17)18(24(29)31)11-21-25(32)30(26(36)37-21)13-16-6-7-19-20(10-16)35-14-34-19/h2,4,6-8,10-11,17,27H,3,5,9,12-14H2,1H3/b21-11+/t17-/m0/s1. The summed E-state index contributed by atoms with van der Waals surface area (Å²) in [6.45, 7) is 3.64. The van der Waals surface area contributed by atoms with Crippen LogP contribution in [0.25, 0.3) is 11.7 Å². The Morgan fingerprint density at radius 1 is 1.24 bits per heavy atom. The van der Waals surface area contributed by atoms with E-state index in [4.69, 9.17) is 31.4 Å². The zero-order valence-corrected chi connectivity index (χ0v) is 21.7. The summed E-state index contributed by atoms with van der Waals surface area (Å²) in [7, 11) is 0. The molecule has 1 aromatic carbocycles. The maximum atomic E-state index is 13.6. The van der Waals surface area contributed by atoms with Crippen molar-refractivity contribution in [3.05, 3.63) is 68.5 Å². The summed E-state index contributed by atoms with van der Waals surface area (Å²) in [4.78, 5) is 33.6. The molecule has 2 saturated heterocycles. The van der Waals surface area contributed by atoms with Crippen LogP contribution in [-0.2, 0) is 16.1 Å². The Morgan fingerprint density at radius 3 is 2.95 bits per heavy atom. The fraction of sp³-hybridized carbons (Fsp3) is 0.308. The number of benzene rings is 1. The Kier molecular flexibility index (Phi) is 6.35. The van der Waals surface area contributed by atoms with Gasteiger partial charge in [-0.2, -0.15) is 0 Å². The van der Waals surface area contributed by atoms with E-state index in [1.54, 1.807) is 18.3 Å². The van der Waals surface area contributed by atoms with Crippen molar-refractivity contribution in [2.45, 2.75) is 32.4 Å². The van der Waals surface area contributed by atoms with Crippen LogP contribution in [0.5, 0.6) is 11.5 Å². The first-order valence-corrected chi connectivity index (χ1v) is 13.2. The average Bonchev–Trinajstić information content (AvgIpc) is 3.63. The number of hydrogen-bond acceptors (Lipinski definition) is 9. The molecule has 0 saturated carbocycles. The number of pyridine rings is 1. The van der Waals surface area contributed by atoms with Gasteiger partial charge in [0.15, 0.2) is 11.5 Å². The molecule has 0 unspecified atom stereocenters. The molecule has 1 N–H and O–H groups in total. The zero-order chi connectivity index (χ0) is 25.5. The molecule has 5 heterocycles. The van der Waals surface area contributed by atoms with E-state index in [0.717, 1.165) is 30.6 Å². The summed E-state index contributed by atoms with van der Waals surface area (Å²) < 4.78 is 18.5. The molecule has 0 aliphatic carbocycles. The van der Waals surface area contributed by atoms with Crippen molar-refractivity contribution in [3.63, 3.8) is 0 Å². The van der Waals surface area contributed by atoms with Gasteiger partial charge < -0.3 is 19.5 Å². The number of carbonyl (C=O) groups is 1. The second kappa shape index (κ2) is 9.81. The molecule has 3 aromatic rings. The Bertz CT molecular complexity index is 1510. The fourth-order valence-corrected chi connectivity index (χ4v) is 5.82. The van der Waals surface area contributed by atoms with Crippen molar-refractivity contribution in [3.8, 4) is 11.5 Å². The van der Waals surface area contributed by atoms with Crippen LogP contribution in [0.2, 0.25) is 0 Å². The Morgan fingerprint density at radius 2 is 2.11 bits per heavy atom. The van der Waals surface area contributed by atoms with Crippen LogP contribution in [-0.4, -0.2) is 50.6 Å². The van der Waals surface area contributed by atoms with E-state index in [1.165, 1.54) is 21.1 Å². The molecule has 9 nitrogen and oxygen atoms in total. The number of hydrogen-bond donors (Lipinski definition) is 1. The lowest BCUT2D eigenvalue weighted by Gasteiger charge is -2.15. The number of amides is 1. The van der Waals surface area contributed by atoms with Crippen LogP contribution in [0.1, 0.15) is 29.5 Å². The number of thioether (sulfide) groups is 1. The molecule has 1 amide bonds. The minimum atomic E-state index is -0.260. The molecular formula is C26H24N4O5S2. The van der Waals surface area contributed by atoms with Gasteiger partial charge in [-0.1, -0.05) is 36.1 Å². The quantitative estimate of drug-likeness (QED) is 0.374. The van der Waals surface area contributed by atoms with E-state index < -0.39 is 0 Å². The summed E-state index contributed by atoms with van der Waals surface area (Å²) >= 11 is 6.71. The SMILES string of the molecule is Cc1cccn2c(=O)c(/C=C3/SC(=S)N(Cc4ccc5c(c4)OCO5)C3=O)c(NC[C@@H]3CCCO3)nc12.